The molecule has 17 heavy (non-hydrogen) atoms. The van der Waals surface area contributed by atoms with E-state index in [9.17, 15) is 0 Å². The van der Waals surface area contributed by atoms with E-state index in [4.69, 9.17) is 10.5 Å². The Hall–Kier alpha value is -1.18. The summed E-state index contributed by atoms with van der Waals surface area (Å²) in [6.07, 6.45) is 6.74. The molecule has 2 atom stereocenters. The third-order valence-corrected chi connectivity index (χ3v) is 3.72. The molecule has 0 spiro atoms. The number of ether oxygens (including phenoxy) is 1. The van der Waals surface area contributed by atoms with Gasteiger partial charge >= 0.3 is 0 Å². The average Bonchev–Trinajstić information content (AvgIpc) is 2.28. The fraction of sp³-hybridized carbons (Fsp3) is 0.600. The van der Waals surface area contributed by atoms with E-state index in [1.54, 1.807) is 0 Å². The van der Waals surface area contributed by atoms with Gasteiger partial charge in [0.1, 0.15) is 11.9 Å². The van der Waals surface area contributed by atoms with E-state index >= 15 is 0 Å². The molecule has 1 aliphatic carbocycles. The summed E-state index contributed by atoms with van der Waals surface area (Å²) in [4.78, 5) is 0. The molecule has 0 bridgehead atoms. The van der Waals surface area contributed by atoms with Crippen molar-refractivity contribution in [1.29, 1.82) is 0 Å². The lowest BCUT2D eigenvalue weighted by Gasteiger charge is -2.31. The van der Waals surface area contributed by atoms with Crippen molar-refractivity contribution in [3.8, 4) is 5.75 Å². The Morgan fingerprint density at radius 2 is 2.00 bits per heavy atom. The lowest BCUT2D eigenvalue weighted by atomic mass is 9.85. The first-order valence-corrected chi connectivity index (χ1v) is 6.73. The maximum atomic E-state index is 6.14. The molecule has 1 aromatic rings. The van der Waals surface area contributed by atoms with E-state index in [1.165, 1.54) is 37.7 Å². The summed E-state index contributed by atoms with van der Waals surface area (Å²) in [7, 11) is 0. The SMILES string of the molecule is CCC1CCCCC1Oc1cc(C)cc(N)c1. The Morgan fingerprint density at radius 3 is 2.71 bits per heavy atom. The van der Waals surface area contributed by atoms with Gasteiger partial charge in [-0.2, -0.15) is 0 Å². The smallest absolute Gasteiger partial charge is 0.122 e. The molecular formula is C15H23NO. The number of nitrogens with two attached hydrogens (primary N) is 1. The van der Waals surface area contributed by atoms with Gasteiger partial charge in [0.05, 0.1) is 0 Å². The van der Waals surface area contributed by atoms with Gasteiger partial charge < -0.3 is 10.5 Å². The molecular weight excluding hydrogens is 210 g/mol. The van der Waals surface area contributed by atoms with Crippen molar-refractivity contribution in [3.63, 3.8) is 0 Å². The Labute approximate surface area is 104 Å². The van der Waals surface area contributed by atoms with Gasteiger partial charge in [0, 0.05) is 11.8 Å². The van der Waals surface area contributed by atoms with Crippen LogP contribution in [-0.2, 0) is 0 Å². The third-order valence-electron chi connectivity index (χ3n) is 3.72. The zero-order valence-corrected chi connectivity index (χ0v) is 10.9. The highest BCUT2D eigenvalue weighted by atomic mass is 16.5. The van der Waals surface area contributed by atoms with Crippen molar-refractivity contribution in [2.45, 2.75) is 52.1 Å². The molecule has 0 saturated heterocycles. The van der Waals surface area contributed by atoms with Gasteiger partial charge in [-0.1, -0.05) is 13.3 Å². The third kappa shape index (κ3) is 3.15. The molecule has 0 heterocycles. The largest absolute Gasteiger partial charge is 0.490 e. The van der Waals surface area contributed by atoms with Crippen molar-refractivity contribution in [2.24, 2.45) is 5.92 Å². The van der Waals surface area contributed by atoms with Crippen LogP contribution in [-0.4, -0.2) is 6.10 Å². The van der Waals surface area contributed by atoms with E-state index in [0.29, 0.717) is 12.0 Å². The van der Waals surface area contributed by atoms with Crippen molar-refractivity contribution in [1.82, 2.24) is 0 Å². The zero-order valence-electron chi connectivity index (χ0n) is 10.9. The maximum Gasteiger partial charge on any atom is 0.122 e. The fourth-order valence-corrected chi connectivity index (χ4v) is 2.82. The summed E-state index contributed by atoms with van der Waals surface area (Å²) in [5.74, 6) is 1.65. The first kappa shape index (κ1) is 12.3. The van der Waals surface area contributed by atoms with Crippen molar-refractivity contribution >= 4 is 5.69 Å². The van der Waals surface area contributed by atoms with Gasteiger partial charge in [-0.05, 0) is 56.2 Å². The molecule has 0 aliphatic heterocycles. The molecule has 0 radical (unpaired) electrons. The Kier molecular flexibility index (Phi) is 3.93. The summed E-state index contributed by atoms with van der Waals surface area (Å²) in [6, 6.07) is 6.00. The van der Waals surface area contributed by atoms with Gasteiger partial charge in [-0.25, -0.2) is 0 Å². The van der Waals surface area contributed by atoms with Crippen LogP contribution in [0.3, 0.4) is 0 Å². The first-order valence-electron chi connectivity index (χ1n) is 6.73. The standard InChI is InChI=1S/C15H23NO/c1-3-12-6-4-5-7-15(12)17-14-9-11(2)8-13(16)10-14/h8-10,12,15H,3-7,16H2,1-2H3. The number of hydrogen-bond acceptors (Lipinski definition) is 2. The second-order valence-corrected chi connectivity index (χ2v) is 5.19. The van der Waals surface area contributed by atoms with Gasteiger partial charge in [0.25, 0.3) is 0 Å². The monoisotopic (exact) mass is 233 g/mol. The van der Waals surface area contributed by atoms with Crippen molar-refractivity contribution in [2.75, 3.05) is 5.73 Å². The van der Waals surface area contributed by atoms with Gasteiger partial charge in [-0.3, -0.25) is 0 Å². The van der Waals surface area contributed by atoms with Gasteiger partial charge in [0.2, 0.25) is 0 Å². The zero-order chi connectivity index (χ0) is 12.3. The van der Waals surface area contributed by atoms with Crippen LogP contribution in [0, 0.1) is 12.8 Å². The second kappa shape index (κ2) is 5.44. The van der Waals surface area contributed by atoms with Crippen LogP contribution in [0.5, 0.6) is 5.75 Å². The molecule has 0 amide bonds. The summed E-state index contributed by atoms with van der Waals surface area (Å²) < 4.78 is 6.14. The molecule has 2 N–H and O–H groups in total. The number of hydrogen-bond donors (Lipinski definition) is 1. The predicted molar refractivity (Wildman–Crippen MR) is 72.3 cm³/mol. The highest BCUT2D eigenvalue weighted by Crippen LogP contribution is 2.31. The lowest BCUT2D eigenvalue weighted by Crippen LogP contribution is -2.29. The lowest BCUT2D eigenvalue weighted by molar-refractivity contribution is 0.0904. The van der Waals surface area contributed by atoms with Gasteiger partial charge in [0.15, 0.2) is 0 Å². The van der Waals surface area contributed by atoms with Crippen LogP contribution in [0.1, 0.15) is 44.6 Å². The number of anilines is 1. The fourth-order valence-electron chi connectivity index (χ4n) is 2.82. The predicted octanol–water partition coefficient (Wildman–Crippen LogP) is 3.92. The molecule has 0 aromatic heterocycles. The molecule has 94 valence electrons. The van der Waals surface area contributed by atoms with E-state index in [1.807, 2.05) is 12.1 Å². The minimum atomic E-state index is 0.384. The Morgan fingerprint density at radius 1 is 1.24 bits per heavy atom. The number of rotatable bonds is 3. The normalized spacial score (nSPS) is 24.6. The molecule has 2 heteroatoms. The maximum absolute atomic E-state index is 6.14. The Balaban J connectivity index is 2.08. The van der Waals surface area contributed by atoms with Crippen LogP contribution in [0.25, 0.3) is 0 Å². The van der Waals surface area contributed by atoms with Gasteiger partial charge in [-0.15, -0.1) is 0 Å². The molecule has 1 aromatic carbocycles. The number of nitrogen functional groups attached to an aromatic ring is 1. The molecule has 2 rings (SSSR count). The second-order valence-electron chi connectivity index (χ2n) is 5.19. The summed E-state index contributed by atoms with van der Waals surface area (Å²) in [5.41, 5.74) is 7.82. The van der Waals surface area contributed by atoms with Crippen LogP contribution < -0.4 is 10.5 Å². The van der Waals surface area contributed by atoms with Crippen molar-refractivity contribution < 1.29 is 4.74 Å². The van der Waals surface area contributed by atoms with Crippen LogP contribution in [0.2, 0.25) is 0 Å². The van der Waals surface area contributed by atoms with E-state index in [2.05, 4.69) is 19.9 Å². The van der Waals surface area contributed by atoms with E-state index in [0.717, 1.165) is 11.4 Å². The topological polar surface area (TPSA) is 35.2 Å². The number of benzene rings is 1. The minimum absolute atomic E-state index is 0.384. The summed E-state index contributed by atoms with van der Waals surface area (Å²) in [5, 5.41) is 0. The first-order chi connectivity index (χ1) is 8.19. The summed E-state index contributed by atoms with van der Waals surface area (Å²) in [6.45, 7) is 4.32. The minimum Gasteiger partial charge on any atom is -0.490 e. The quantitative estimate of drug-likeness (QED) is 0.803. The summed E-state index contributed by atoms with van der Waals surface area (Å²) >= 11 is 0. The Bertz CT molecular complexity index is 355. The van der Waals surface area contributed by atoms with Crippen LogP contribution in [0.4, 0.5) is 5.69 Å². The van der Waals surface area contributed by atoms with Crippen molar-refractivity contribution in [3.05, 3.63) is 23.8 Å². The average molecular weight is 233 g/mol. The molecule has 1 aliphatic rings. The van der Waals surface area contributed by atoms with Crippen LogP contribution in [0.15, 0.2) is 18.2 Å². The molecule has 2 unspecified atom stereocenters. The van der Waals surface area contributed by atoms with E-state index in [-0.39, 0.29) is 0 Å². The molecule has 1 saturated carbocycles. The van der Waals surface area contributed by atoms with Crippen LogP contribution >= 0.6 is 0 Å². The van der Waals surface area contributed by atoms with E-state index < -0.39 is 0 Å². The highest BCUT2D eigenvalue weighted by molar-refractivity contribution is 5.47. The molecule has 1 fully saturated rings. The highest BCUT2D eigenvalue weighted by Gasteiger charge is 2.25. The molecule has 2 nitrogen and oxygen atoms in total. The number of aryl methyl sites for hydroxylation is 1.